The molecular weight excluding hydrogens is 368 g/mol. The Morgan fingerprint density at radius 3 is 2.47 bits per heavy atom. The number of hydrogen-bond donors (Lipinski definition) is 0. The SMILES string of the molecule is CCc1ccccc1C(Br)c1ccc(OC)cc1Br. The minimum absolute atomic E-state index is 0.184. The minimum Gasteiger partial charge on any atom is -0.497 e. The van der Waals surface area contributed by atoms with Gasteiger partial charge >= 0.3 is 0 Å². The summed E-state index contributed by atoms with van der Waals surface area (Å²) in [6.07, 6.45) is 1.03. The molecule has 0 N–H and O–H groups in total. The molecule has 0 aliphatic carbocycles. The Bertz CT molecular complexity index is 566. The summed E-state index contributed by atoms with van der Waals surface area (Å²) in [5.41, 5.74) is 3.89. The summed E-state index contributed by atoms with van der Waals surface area (Å²) in [5.74, 6) is 0.860. The van der Waals surface area contributed by atoms with Gasteiger partial charge in [0.25, 0.3) is 0 Å². The number of alkyl halides is 1. The molecule has 2 aromatic rings. The Morgan fingerprint density at radius 1 is 1.11 bits per heavy atom. The van der Waals surface area contributed by atoms with Gasteiger partial charge in [-0.2, -0.15) is 0 Å². The number of methoxy groups -OCH3 is 1. The molecule has 100 valence electrons. The first-order valence-electron chi connectivity index (χ1n) is 6.22. The minimum atomic E-state index is 0.184. The van der Waals surface area contributed by atoms with Crippen LogP contribution in [0.15, 0.2) is 46.9 Å². The summed E-state index contributed by atoms with van der Waals surface area (Å²) in [5, 5.41) is 0. The van der Waals surface area contributed by atoms with Gasteiger partial charge in [-0.15, -0.1) is 0 Å². The van der Waals surface area contributed by atoms with Gasteiger partial charge in [0.15, 0.2) is 0 Å². The van der Waals surface area contributed by atoms with E-state index >= 15 is 0 Å². The lowest BCUT2D eigenvalue weighted by Gasteiger charge is -2.16. The number of rotatable bonds is 4. The molecule has 0 aliphatic heterocycles. The number of benzene rings is 2. The molecule has 0 fully saturated rings. The van der Waals surface area contributed by atoms with E-state index in [9.17, 15) is 0 Å². The molecule has 0 bridgehead atoms. The lowest BCUT2D eigenvalue weighted by molar-refractivity contribution is 0.414. The maximum absolute atomic E-state index is 5.24. The van der Waals surface area contributed by atoms with Crippen molar-refractivity contribution in [3.63, 3.8) is 0 Å². The van der Waals surface area contributed by atoms with Crippen molar-refractivity contribution >= 4 is 31.9 Å². The highest BCUT2D eigenvalue weighted by Gasteiger charge is 2.16. The lowest BCUT2D eigenvalue weighted by atomic mass is 9.98. The number of hydrogen-bond acceptors (Lipinski definition) is 1. The third-order valence-corrected chi connectivity index (χ3v) is 4.86. The zero-order valence-corrected chi connectivity index (χ0v) is 14.2. The first kappa shape index (κ1) is 14.6. The molecule has 2 aromatic carbocycles. The van der Waals surface area contributed by atoms with Crippen LogP contribution >= 0.6 is 31.9 Å². The maximum Gasteiger partial charge on any atom is 0.120 e. The monoisotopic (exact) mass is 382 g/mol. The van der Waals surface area contributed by atoms with Crippen molar-refractivity contribution < 1.29 is 4.74 Å². The van der Waals surface area contributed by atoms with Crippen LogP contribution in [0.5, 0.6) is 5.75 Å². The maximum atomic E-state index is 5.24. The van der Waals surface area contributed by atoms with Crippen molar-refractivity contribution in [3.05, 3.63) is 63.6 Å². The normalized spacial score (nSPS) is 12.2. The highest BCUT2D eigenvalue weighted by molar-refractivity contribution is 9.11. The van der Waals surface area contributed by atoms with Crippen LogP contribution < -0.4 is 4.74 Å². The van der Waals surface area contributed by atoms with E-state index in [1.165, 1.54) is 16.7 Å². The summed E-state index contributed by atoms with van der Waals surface area (Å²) in [6.45, 7) is 2.18. The van der Waals surface area contributed by atoms with E-state index in [0.29, 0.717) is 0 Å². The third kappa shape index (κ3) is 3.21. The van der Waals surface area contributed by atoms with Crippen molar-refractivity contribution in [3.8, 4) is 5.75 Å². The largest absolute Gasteiger partial charge is 0.497 e. The van der Waals surface area contributed by atoms with Crippen molar-refractivity contribution in [2.45, 2.75) is 18.2 Å². The van der Waals surface area contributed by atoms with E-state index in [4.69, 9.17) is 4.74 Å². The van der Waals surface area contributed by atoms with E-state index in [-0.39, 0.29) is 4.83 Å². The van der Waals surface area contributed by atoms with Crippen LogP contribution in [0.4, 0.5) is 0 Å². The van der Waals surface area contributed by atoms with Crippen LogP contribution in [0.1, 0.15) is 28.4 Å². The molecule has 0 amide bonds. The van der Waals surface area contributed by atoms with E-state index in [2.05, 4.69) is 69.1 Å². The molecule has 0 spiro atoms. The summed E-state index contributed by atoms with van der Waals surface area (Å²) in [7, 11) is 1.68. The van der Waals surface area contributed by atoms with Crippen LogP contribution in [0, 0.1) is 0 Å². The Morgan fingerprint density at radius 2 is 1.84 bits per heavy atom. The Labute approximate surface area is 131 Å². The second kappa shape index (κ2) is 6.58. The second-order valence-corrected chi connectivity index (χ2v) is 6.07. The average Bonchev–Trinajstić information content (AvgIpc) is 2.46. The fourth-order valence-corrected chi connectivity index (χ4v) is 3.85. The lowest BCUT2D eigenvalue weighted by Crippen LogP contribution is -1.99. The highest BCUT2D eigenvalue weighted by atomic mass is 79.9. The zero-order valence-electron chi connectivity index (χ0n) is 11.0. The Balaban J connectivity index is 2.41. The molecule has 0 heterocycles. The van der Waals surface area contributed by atoms with Gasteiger partial charge in [0.1, 0.15) is 5.75 Å². The fraction of sp³-hybridized carbons (Fsp3) is 0.250. The number of aryl methyl sites for hydroxylation is 1. The molecule has 0 radical (unpaired) electrons. The predicted octanol–water partition coefficient (Wildman–Crippen LogP) is 5.50. The molecule has 3 heteroatoms. The molecule has 0 aliphatic rings. The predicted molar refractivity (Wildman–Crippen MR) is 87.3 cm³/mol. The number of halogens is 2. The average molecular weight is 384 g/mol. The molecule has 1 nitrogen and oxygen atoms in total. The molecule has 0 saturated heterocycles. The van der Waals surface area contributed by atoms with Gasteiger partial charge in [-0.1, -0.05) is 69.1 Å². The van der Waals surface area contributed by atoms with Crippen LogP contribution in [-0.2, 0) is 6.42 Å². The summed E-state index contributed by atoms with van der Waals surface area (Å²) in [6, 6.07) is 14.6. The van der Waals surface area contributed by atoms with Gasteiger partial charge in [-0.3, -0.25) is 0 Å². The Hall–Kier alpha value is -0.800. The summed E-state index contributed by atoms with van der Waals surface area (Å²) >= 11 is 7.43. The standard InChI is InChI=1S/C16H16Br2O/c1-3-11-6-4-5-7-13(11)16(18)14-9-8-12(19-2)10-15(14)17/h4-10,16H,3H2,1-2H3. The molecule has 0 saturated carbocycles. The van der Waals surface area contributed by atoms with Crippen molar-refractivity contribution in [1.82, 2.24) is 0 Å². The van der Waals surface area contributed by atoms with E-state index in [1.807, 2.05) is 12.1 Å². The number of ether oxygens (including phenoxy) is 1. The first-order valence-corrected chi connectivity index (χ1v) is 7.93. The molecule has 1 unspecified atom stereocenters. The van der Waals surface area contributed by atoms with Gasteiger partial charge in [0.2, 0.25) is 0 Å². The van der Waals surface area contributed by atoms with Crippen molar-refractivity contribution in [2.24, 2.45) is 0 Å². The van der Waals surface area contributed by atoms with Crippen molar-refractivity contribution in [2.75, 3.05) is 7.11 Å². The van der Waals surface area contributed by atoms with Crippen LogP contribution in [0.3, 0.4) is 0 Å². The summed E-state index contributed by atoms with van der Waals surface area (Å²) < 4.78 is 6.29. The topological polar surface area (TPSA) is 9.23 Å². The molecule has 1 atom stereocenters. The van der Waals surface area contributed by atoms with Gasteiger partial charge in [-0.05, 0) is 35.2 Å². The van der Waals surface area contributed by atoms with Gasteiger partial charge in [0.05, 0.1) is 11.9 Å². The smallest absolute Gasteiger partial charge is 0.120 e. The first-order chi connectivity index (χ1) is 9.17. The molecule has 19 heavy (non-hydrogen) atoms. The summed E-state index contributed by atoms with van der Waals surface area (Å²) in [4.78, 5) is 0.184. The quantitative estimate of drug-likeness (QED) is 0.633. The van der Waals surface area contributed by atoms with Gasteiger partial charge < -0.3 is 4.74 Å². The van der Waals surface area contributed by atoms with Crippen molar-refractivity contribution in [1.29, 1.82) is 0 Å². The fourth-order valence-electron chi connectivity index (χ4n) is 2.11. The van der Waals surface area contributed by atoms with Crippen LogP contribution in [-0.4, -0.2) is 7.11 Å². The van der Waals surface area contributed by atoms with Gasteiger partial charge in [-0.25, -0.2) is 0 Å². The Kier molecular flexibility index (Phi) is 5.06. The third-order valence-electron chi connectivity index (χ3n) is 3.19. The van der Waals surface area contributed by atoms with E-state index in [1.54, 1.807) is 7.11 Å². The molecule has 2 rings (SSSR count). The molecular formula is C16H16Br2O. The van der Waals surface area contributed by atoms with E-state index < -0.39 is 0 Å². The zero-order chi connectivity index (χ0) is 13.8. The highest BCUT2D eigenvalue weighted by Crippen LogP contribution is 2.38. The van der Waals surface area contributed by atoms with E-state index in [0.717, 1.165) is 16.6 Å². The molecule has 0 aromatic heterocycles. The second-order valence-electron chi connectivity index (χ2n) is 4.30. The van der Waals surface area contributed by atoms with Crippen LogP contribution in [0.2, 0.25) is 0 Å². The van der Waals surface area contributed by atoms with Gasteiger partial charge in [0, 0.05) is 4.47 Å². The van der Waals surface area contributed by atoms with Crippen LogP contribution in [0.25, 0.3) is 0 Å².